The van der Waals surface area contributed by atoms with Crippen molar-refractivity contribution < 1.29 is 10.0 Å². The molecule has 0 bridgehead atoms. The normalized spacial score (nSPS) is 16.8. The van der Waals surface area contributed by atoms with E-state index in [2.05, 4.69) is 16.7 Å². The SMILES string of the molecule is CCN1CCN(c2ccc([N+](=O)[O-])c(O)c2)CC1. The summed E-state index contributed by atoms with van der Waals surface area (Å²) in [6, 6.07) is 4.52. The lowest BCUT2D eigenvalue weighted by atomic mass is 10.2. The first-order valence-corrected chi connectivity index (χ1v) is 6.06. The van der Waals surface area contributed by atoms with Crippen LogP contribution in [0, 0.1) is 10.1 Å². The molecule has 1 aliphatic heterocycles. The number of rotatable bonds is 3. The van der Waals surface area contributed by atoms with Crippen molar-refractivity contribution in [2.24, 2.45) is 0 Å². The molecule has 98 valence electrons. The summed E-state index contributed by atoms with van der Waals surface area (Å²) in [5, 5.41) is 20.2. The third-order valence-electron chi connectivity index (χ3n) is 3.34. The van der Waals surface area contributed by atoms with Crippen molar-refractivity contribution in [1.82, 2.24) is 4.90 Å². The molecule has 0 unspecified atom stereocenters. The van der Waals surface area contributed by atoms with E-state index in [1.54, 1.807) is 6.07 Å². The highest BCUT2D eigenvalue weighted by molar-refractivity contribution is 5.58. The van der Waals surface area contributed by atoms with Gasteiger partial charge in [-0.3, -0.25) is 10.1 Å². The number of nitro groups is 1. The quantitative estimate of drug-likeness (QED) is 0.650. The van der Waals surface area contributed by atoms with Crippen LogP contribution in [-0.2, 0) is 0 Å². The lowest BCUT2D eigenvalue weighted by Crippen LogP contribution is -2.46. The maximum absolute atomic E-state index is 10.6. The summed E-state index contributed by atoms with van der Waals surface area (Å²) in [6.07, 6.45) is 0. The monoisotopic (exact) mass is 251 g/mol. The fourth-order valence-electron chi connectivity index (χ4n) is 2.19. The van der Waals surface area contributed by atoms with Crippen LogP contribution >= 0.6 is 0 Å². The molecule has 1 saturated heterocycles. The average Bonchev–Trinajstić information content (AvgIpc) is 2.38. The van der Waals surface area contributed by atoms with Crippen molar-refractivity contribution in [1.29, 1.82) is 0 Å². The second-order valence-corrected chi connectivity index (χ2v) is 4.35. The largest absolute Gasteiger partial charge is 0.502 e. The summed E-state index contributed by atoms with van der Waals surface area (Å²) in [6.45, 7) is 6.89. The first kappa shape index (κ1) is 12.6. The highest BCUT2D eigenvalue weighted by Gasteiger charge is 2.19. The summed E-state index contributed by atoms with van der Waals surface area (Å²) in [5.74, 6) is -0.268. The molecule has 2 rings (SSSR count). The molecule has 0 atom stereocenters. The molecule has 1 heterocycles. The van der Waals surface area contributed by atoms with Gasteiger partial charge in [0.15, 0.2) is 5.75 Å². The first-order chi connectivity index (χ1) is 8.61. The molecule has 1 aliphatic rings. The molecule has 0 spiro atoms. The van der Waals surface area contributed by atoms with Gasteiger partial charge in [0.25, 0.3) is 0 Å². The van der Waals surface area contributed by atoms with Gasteiger partial charge >= 0.3 is 5.69 Å². The lowest BCUT2D eigenvalue weighted by Gasteiger charge is -2.35. The minimum Gasteiger partial charge on any atom is -0.502 e. The Balaban J connectivity index is 2.11. The Bertz CT molecular complexity index is 442. The van der Waals surface area contributed by atoms with Gasteiger partial charge in [-0.1, -0.05) is 6.92 Å². The van der Waals surface area contributed by atoms with Crippen molar-refractivity contribution in [3.8, 4) is 5.75 Å². The van der Waals surface area contributed by atoms with Crippen LogP contribution in [0.5, 0.6) is 5.75 Å². The minimum atomic E-state index is -0.575. The van der Waals surface area contributed by atoms with Gasteiger partial charge in [-0.15, -0.1) is 0 Å². The molecule has 0 aliphatic carbocycles. The Hall–Kier alpha value is -1.82. The number of phenolic OH excluding ortho intramolecular Hbond substituents is 1. The van der Waals surface area contributed by atoms with Crippen LogP contribution in [0.1, 0.15) is 6.92 Å². The Kier molecular flexibility index (Phi) is 3.66. The molecular weight excluding hydrogens is 234 g/mol. The van der Waals surface area contributed by atoms with Crippen LogP contribution in [0.15, 0.2) is 18.2 Å². The van der Waals surface area contributed by atoms with E-state index in [-0.39, 0.29) is 11.4 Å². The van der Waals surface area contributed by atoms with E-state index in [0.29, 0.717) is 0 Å². The first-order valence-electron chi connectivity index (χ1n) is 6.06. The maximum Gasteiger partial charge on any atom is 0.310 e. The Labute approximate surface area is 106 Å². The van der Waals surface area contributed by atoms with E-state index >= 15 is 0 Å². The summed E-state index contributed by atoms with van der Waals surface area (Å²) in [4.78, 5) is 14.5. The fourth-order valence-corrected chi connectivity index (χ4v) is 2.19. The third-order valence-corrected chi connectivity index (χ3v) is 3.34. The Morgan fingerprint density at radius 3 is 2.50 bits per heavy atom. The number of nitrogens with zero attached hydrogens (tertiary/aromatic N) is 3. The predicted octanol–water partition coefficient (Wildman–Crippen LogP) is 1.44. The number of benzene rings is 1. The zero-order chi connectivity index (χ0) is 13.1. The van der Waals surface area contributed by atoms with Gasteiger partial charge in [0.05, 0.1) is 4.92 Å². The molecular formula is C12H17N3O3. The van der Waals surface area contributed by atoms with E-state index in [1.807, 2.05) is 0 Å². The van der Waals surface area contributed by atoms with Gasteiger partial charge in [-0.05, 0) is 12.6 Å². The van der Waals surface area contributed by atoms with Crippen molar-refractivity contribution in [3.05, 3.63) is 28.3 Å². The van der Waals surface area contributed by atoms with E-state index in [4.69, 9.17) is 0 Å². The summed E-state index contributed by atoms with van der Waals surface area (Å²) in [7, 11) is 0. The lowest BCUT2D eigenvalue weighted by molar-refractivity contribution is -0.385. The van der Waals surface area contributed by atoms with Gasteiger partial charge in [0.1, 0.15) is 0 Å². The van der Waals surface area contributed by atoms with Crippen LogP contribution in [0.3, 0.4) is 0 Å². The maximum atomic E-state index is 10.6. The predicted molar refractivity (Wildman–Crippen MR) is 69.1 cm³/mol. The number of aromatic hydroxyl groups is 1. The number of nitro benzene ring substituents is 1. The number of anilines is 1. The molecule has 0 amide bonds. The second kappa shape index (κ2) is 5.22. The topological polar surface area (TPSA) is 69.9 Å². The van der Waals surface area contributed by atoms with Crippen molar-refractivity contribution in [3.63, 3.8) is 0 Å². The van der Waals surface area contributed by atoms with Crippen LogP contribution in [0.2, 0.25) is 0 Å². The van der Waals surface area contributed by atoms with Gasteiger partial charge in [0.2, 0.25) is 0 Å². The average molecular weight is 251 g/mol. The van der Waals surface area contributed by atoms with Gasteiger partial charge < -0.3 is 14.9 Å². The van der Waals surface area contributed by atoms with Gasteiger partial charge in [0, 0.05) is 44.0 Å². The highest BCUT2D eigenvalue weighted by Crippen LogP contribution is 2.30. The molecule has 1 N–H and O–H groups in total. The third kappa shape index (κ3) is 2.53. The molecule has 1 aromatic carbocycles. The molecule has 18 heavy (non-hydrogen) atoms. The molecule has 1 aromatic rings. The van der Waals surface area contributed by atoms with Crippen molar-refractivity contribution >= 4 is 11.4 Å². The zero-order valence-corrected chi connectivity index (χ0v) is 10.4. The standard InChI is InChI=1S/C12H17N3O3/c1-2-13-5-7-14(8-6-13)10-3-4-11(15(17)18)12(16)9-10/h3-4,9,16H,2,5-8H2,1H3. The van der Waals surface area contributed by atoms with E-state index in [1.165, 1.54) is 12.1 Å². The number of likely N-dealkylation sites (N-methyl/N-ethyl adjacent to an activating group) is 1. The second-order valence-electron chi connectivity index (χ2n) is 4.35. The molecule has 0 radical (unpaired) electrons. The number of piperazine rings is 1. The zero-order valence-electron chi connectivity index (χ0n) is 10.4. The number of hydrogen-bond donors (Lipinski definition) is 1. The Morgan fingerprint density at radius 2 is 2.00 bits per heavy atom. The molecule has 0 saturated carbocycles. The fraction of sp³-hybridized carbons (Fsp3) is 0.500. The van der Waals surface area contributed by atoms with Crippen molar-refractivity contribution in [2.75, 3.05) is 37.6 Å². The van der Waals surface area contributed by atoms with Crippen molar-refractivity contribution in [2.45, 2.75) is 6.92 Å². The minimum absolute atomic E-state index is 0.244. The summed E-state index contributed by atoms with van der Waals surface area (Å²) < 4.78 is 0. The van der Waals surface area contributed by atoms with Crippen LogP contribution in [-0.4, -0.2) is 47.7 Å². The van der Waals surface area contributed by atoms with E-state index in [0.717, 1.165) is 38.4 Å². The smallest absolute Gasteiger partial charge is 0.310 e. The van der Waals surface area contributed by atoms with E-state index < -0.39 is 4.92 Å². The molecule has 0 aromatic heterocycles. The number of hydrogen-bond acceptors (Lipinski definition) is 5. The van der Waals surface area contributed by atoms with Crippen LogP contribution in [0.25, 0.3) is 0 Å². The summed E-state index contributed by atoms with van der Waals surface area (Å²) >= 11 is 0. The highest BCUT2D eigenvalue weighted by atomic mass is 16.6. The number of phenols is 1. The molecule has 6 heteroatoms. The van der Waals surface area contributed by atoms with Crippen LogP contribution in [0.4, 0.5) is 11.4 Å². The molecule has 1 fully saturated rings. The summed E-state index contributed by atoms with van der Waals surface area (Å²) in [5.41, 5.74) is 0.597. The molecule has 6 nitrogen and oxygen atoms in total. The Morgan fingerprint density at radius 1 is 1.33 bits per heavy atom. The van der Waals surface area contributed by atoms with Gasteiger partial charge in [-0.25, -0.2) is 0 Å². The van der Waals surface area contributed by atoms with Crippen LogP contribution < -0.4 is 4.90 Å². The van der Waals surface area contributed by atoms with Gasteiger partial charge in [-0.2, -0.15) is 0 Å². The van der Waals surface area contributed by atoms with E-state index in [9.17, 15) is 15.2 Å².